The first-order valence-corrected chi connectivity index (χ1v) is 18.8. The van der Waals surface area contributed by atoms with E-state index in [1.165, 1.54) is 35.4 Å². The number of ketones is 1. The number of nitrogens with one attached hydrogen (secondary N) is 2. The van der Waals surface area contributed by atoms with Crippen LogP contribution in [0.2, 0.25) is 0 Å². The number of H-pyrrole nitrogens is 1. The van der Waals surface area contributed by atoms with Gasteiger partial charge in [0.25, 0.3) is 17.6 Å². The van der Waals surface area contributed by atoms with Gasteiger partial charge < -0.3 is 48.5 Å². The fourth-order valence-electron chi connectivity index (χ4n) is 5.48. The van der Waals surface area contributed by atoms with Crippen molar-refractivity contribution < 1.29 is 47.6 Å². The Hall–Kier alpha value is -4.54. The van der Waals surface area contributed by atoms with Crippen LogP contribution in [-0.2, 0) is 39.9 Å². The van der Waals surface area contributed by atoms with Crippen LogP contribution in [0.25, 0.3) is 16.7 Å². The molecule has 1 aliphatic rings. The average Bonchev–Trinajstić information content (AvgIpc) is 3.87. The van der Waals surface area contributed by atoms with Crippen LogP contribution >= 0.6 is 22.6 Å². The van der Waals surface area contributed by atoms with E-state index >= 15 is 0 Å². The summed E-state index contributed by atoms with van der Waals surface area (Å²) >= 11 is 2.13. The number of aromatic nitrogens is 5. The third kappa shape index (κ3) is 11.2. The summed E-state index contributed by atoms with van der Waals surface area (Å²) in [5, 5.41) is 7.49. The number of nitrogens with zero attached hydrogens (tertiary/aromatic N) is 6. The third-order valence-electron chi connectivity index (χ3n) is 8.17. The Balaban J connectivity index is 1.06. The van der Waals surface area contributed by atoms with Crippen LogP contribution in [0.1, 0.15) is 26.5 Å². The maximum absolute atomic E-state index is 13.6. The second-order valence-electron chi connectivity index (χ2n) is 11.7. The lowest BCUT2D eigenvalue weighted by Gasteiger charge is -2.34. The second kappa shape index (κ2) is 21.4. The van der Waals surface area contributed by atoms with Crippen LogP contribution in [-0.4, -0.2) is 155 Å². The molecule has 290 valence electrons. The number of rotatable bonds is 22. The minimum atomic E-state index is -0.725. The van der Waals surface area contributed by atoms with Gasteiger partial charge in [-0.15, -0.1) is 5.10 Å². The molecule has 19 heteroatoms. The maximum atomic E-state index is 13.6. The molecule has 0 atom stereocenters. The van der Waals surface area contributed by atoms with E-state index in [-0.39, 0.29) is 49.4 Å². The summed E-state index contributed by atoms with van der Waals surface area (Å²) in [6.45, 7) is 4.29. The van der Waals surface area contributed by atoms with E-state index in [0.29, 0.717) is 98.6 Å². The summed E-state index contributed by atoms with van der Waals surface area (Å²) in [6.07, 6.45) is 4.30. The molecule has 0 bridgehead atoms. The number of fused-ring (bicyclic) bond motifs is 1. The monoisotopic (exact) mass is 862 g/mol. The highest BCUT2D eigenvalue weighted by Gasteiger charge is 2.31. The minimum absolute atomic E-state index is 0.0459. The average molecular weight is 863 g/mol. The van der Waals surface area contributed by atoms with E-state index in [2.05, 4.69) is 48.0 Å². The molecule has 4 heterocycles. The van der Waals surface area contributed by atoms with Crippen molar-refractivity contribution >= 4 is 57.0 Å². The molecule has 3 amide bonds. The van der Waals surface area contributed by atoms with Gasteiger partial charge in [0.2, 0.25) is 5.91 Å². The van der Waals surface area contributed by atoms with Gasteiger partial charge in [-0.1, -0.05) is 40.8 Å². The molecule has 1 aromatic carbocycles. The van der Waals surface area contributed by atoms with Crippen molar-refractivity contribution in [1.82, 2.24) is 39.8 Å². The molecule has 1 saturated heterocycles. The molecule has 4 aromatic rings. The highest BCUT2D eigenvalue weighted by molar-refractivity contribution is 14.1. The van der Waals surface area contributed by atoms with Crippen LogP contribution in [0, 0.1) is 0 Å². The van der Waals surface area contributed by atoms with Gasteiger partial charge in [-0.3, -0.25) is 19.2 Å². The number of Topliss-reactive ketones (excluding diaryl/α,β-unsaturated/α-hetero) is 1. The van der Waals surface area contributed by atoms with Crippen molar-refractivity contribution in [2.75, 3.05) is 97.3 Å². The molecule has 54 heavy (non-hydrogen) atoms. The van der Waals surface area contributed by atoms with Gasteiger partial charge in [0, 0.05) is 44.5 Å². The first kappa shape index (κ1) is 40.6. The number of piperazine rings is 1. The zero-order valence-electron chi connectivity index (χ0n) is 29.9. The Morgan fingerprint density at radius 3 is 2.20 bits per heavy atom. The fourth-order valence-corrected chi connectivity index (χ4v) is 5.79. The van der Waals surface area contributed by atoms with Crippen molar-refractivity contribution in [2.45, 2.75) is 6.61 Å². The van der Waals surface area contributed by atoms with Crippen molar-refractivity contribution in [3.63, 3.8) is 0 Å². The first-order valence-electron chi connectivity index (χ1n) is 17.3. The molecule has 5 rings (SSSR count). The van der Waals surface area contributed by atoms with E-state index in [1.807, 2.05) is 6.07 Å². The topological polar surface area (TPSA) is 202 Å². The van der Waals surface area contributed by atoms with E-state index in [4.69, 9.17) is 28.4 Å². The smallest absolute Gasteiger partial charge is 0.295 e. The van der Waals surface area contributed by atoms with Gasteiger partial charge >= 0.3 is 0 Å². The molecule has 2 N–H and O–H groups in total. The zero-order chi connectivity index (χ0) is 38.1. The van der Waals surface area contributed by atoms with Crippen molar-refractivity contribution in [3.05, 3.63) is 66.0 Å². The number of hydrogen-bond donors (Lipinski definition) is 2. The molecule has 1 fully saturated rings. The number of halogens is 1. The number of carbonyl (C=O) groups excluding carboxylic acids is 4. The van der Waals surface area contributed by atoms with Crippen molar-refractivity contribution in [1.29, 1.82) is 0 Å². The lowest BCUT2D eigenvalue weighted by atomic mass is 10.1. The Kier molecular flexibility index (Phi) is 16.1. The standard InChI is InChI=1S/C35H43IN8O10/c1-49-27-20-39-33(44-24-40-28(41-44)21-54-22-29(45)37-7-12-50-13-14-51-15-16-52-17-18-53-23-36)31-30(27)26(19-38-31)32(46)35(48)43-10-8-42(9-11-43)34(47)25-5-3-2-4-6-25/h2-6,19-20,24,38H,7-18,21-23H2,1H3,(H,37,45). The quantitative estimate of drug-likeness (QED) is 0.0378. The molecule has 3 aromatic heterocycles. The van der Waals surface area contributed by atoms with Crippen LogP contribution in [0.5, 0.6) is 5.75 Å². The molecular formula is C35H43IN8O10. The Labute approximate surface area is 324 Å². The number of benzene rings is 1. The van der Waals surface area contributed by atoms with Gasteiger partial charge in [0.1, 0.15) is 25.3 Å². The number of alkyl halides is 1. The number of amides is 3. The summed E-state index contributed by atoms with van der Waals surface area (Å²) < 4.78 is 34.4. The lowest BCUT2D eigenvalue weighted by Crippen LogP contribution is -2.52. The normalized spacial score (nSPS) is 13.0. The zero-order valence-corrected chi connectivity index (χ0v) is 32.0. The highest BCUT2D eigenvalue weighted by atomic mass is 127. The van der Waals surface area contributed by atoms with Crippen LogP contribution in [0.15, 0.2) is 49.1 Å². The number of pyridine rings is 1. The predicted octanol–water partition coefficient (Wildman–Crippen LogP) is 1.41. The molecule has 18 nitrogen and oxygen atoms in total. The fraction of sp³-hybridized carbons (Fsp3) is 0.457. The van der Waals surface area contributed by atoms with Crippen LogP contribution in [0.4, 0.5) is 0 Å². The summed E-state index contributed by atoms with van der Waals surface area (Å²) in [5.41, 5.74) is 1.08. The summed E-state index contributed by atoms with van der Waals surface area (Å²) in [6, 6.07) is 8.93. The van der Waals surface area contributed by atoms with Crippen LogP contribution < -0.4 is 10.1 Å². The second-order valence-corrected chi connectivity index (χ2v) is 12.3. The number of carbonyl (C=O) groups is 4. The molecule has 0 spiro atoms. The molecule has 0 radical (unpaired) electrons. The van der Waals surface area contributed by atoms with Crippen molar-refractivity contribution in [3.8, 4) is 11.6 Å². The molecular weight excluding hydrogens is 819 g/mol. The van der Waals surface area contributed by atoms with E-state index in [9.17, 15) is 19.2 Å². The molecule has 0 saturated carbocycles. The number of hydrogen-bond acceptors (Lipinski definition) is 13. The lowest BCUT2D eigenvalue weighted by molar-refractivity contribution is -0.128. The van der Waals surface area contributed by atoms with Crippen molar-refractivity contribution in [2.24, 2.45) is 0 Å². The highest BCUT2D eigenvalue weighted by Crippen LogP contribution is 2.32. The third-order valence-corrected chi connectivity index (χ3v) is 8.61. The van der Waals surface area contributed by atoms with E-state index in [0.717, 1.165) is 0 Å². The van der Waals surface area contributed by atoms with Gasteiger partial charge in [0.05, 0.1) is 80.6 Å². The Morgan fingerprint density at radius 1 is 0.852 bits per heavy atom. The summed E-state index contributed by atoms with van der Waals surface area (Å²) in [5.74, 6) is -0.972. The Bertz CT molecular complexity index is 1830. The molecule has 0 aliphatic carbocycles. The maximum Gasteiger partial charge on any atom is 0.295 e. The Morgan fingerprint density at radius 2 is 1.52 bits per heavy atom. The van der Waals surface area contributed by atoms with E-state index in [1.54, 1.807) is 29.2 Å². The summed E-state index contributed by atoms with van der Waals surface area (Å²) in [7, 11) is 1.44. The predicted molar refractivity (Wildman–Crippen MR) is 201 cm³/mol. The van der Waals surface area contributed by atoms with Crippen LogP contribution in [0.3, 0.4) is 0 Å². The largest absolute Gasteiger partial charge is 0.494 e. The minimum Gasteiger partial charge on any atom is -0.494 e. The SMILES string of the molecule is COc1cnc(-n2cnc(COCC(=O)NCCOCCOCCOCCOCI)n2)c2[nH]cc(C(=O)C(=O)N3CCN(C(=O)c4ccccc4)CC3)c12. The van der Waals surface area contributed by atoms with Gasteiger partial charge in [-0.2, -0.15) is 0 Å². The van der Waals surface area contributed by atoms with Gasteiger partial charge in [0.15, 0.2) is 11.6 Å². The molecule has 0 unspecified atom stereocenters. The number of methoxy groups -OCH3 is 1. The summed E-state index contributed by atoms with van der Waals surface area (Å²) in [4.78, 5) is 66.8. The first-order chi connectivity index (χ1) is 26.4. The van der Waals surface area contributed by atoms with Gasteiger partial charge in [-0.05, 0) is 12.1 Å². The molecule has 1 aliphatic heterocycles. The number of ether oxygens (including phenoxy) is 6. The van der Waals surface area contributed by atoms with Gasteiger partial charge in [-0.25, -0.2) is 14.6 Å². The number of aromatic amines is 1. The van der Waals surface area contributed by atoms with E-state index < -0.39 is 11.7 Å².